The molecule has 2 aliphatic heterocycles. The fourth-order valence-electron chi connectivity index (χ4n) is 3.68. The molecule has 0 aromatic carbocycles. The molecule has 1 aromatic rings. The van der Waals surface area contributed by atoms with Crippen LogP contribution in [0.5, 0.6) is 0 Å². The first-order chi connectivity index (χ1) is 10.3. The summed E-state index contributed by atoms with van der Waals surface area (Å²) in [5.74, 6) is 0. The highest BCUT2D eigenvalue weighted by Gasteiger charge is 2.31. The number of hydrogen-bond acceptors (Lipinski definition) is 6. The number of rotatable bonds is 2. The van der Waals surface area contributed by atoms with Gasteiger partial charge in [0, 0.05) is 32.2 Å². The van der Waals surface area contributed by atoms with E-state index in [-0.39, 0.29) is 6.10 Å². The third kappa shape index (κ3) is 2.70. The lowest BCUT2D eigenvalue weighted by Gasteiger charge is -2.32. The van der Waals surface area contributed by atoms with E-state index in [0.717, 1.165) is 74.4 Å². The van der Waals surface area contributed by atoms with Crippen LogP contribution in [0.25, 0.3) is 0 Å². The summed E-state index contributed by atoms with van der Waals surface area (Å²) in [6, 6.07) is 0.639. The maximum Gasteiger partial charge on any atom is 0.185 e. The van der Waals surface area contributed by atoms with E-state index in [1.807, 2.05) is 0 Å². The second-order valence-corrected chi connectivity index (χ2v) is 7.26. The molecule has 0 spiro atoms. The second-order valence-electron chi connectivity index (χ2n) is 6.25. The van der Waals surface area contributed by atoms with Gasteiger partial charge in [-0.2, -0.15) is 0 Å². The highest BCUT2D eigenvalue weighted by Crippen LogP contribution is 2.38. The quantitative estimate of drug-likeness (QED) is 0.895. The molecule has 2 fully saturated rings. The van der Waals surface area contributed by atoms with Gasteiger partial charge >= 0.3 is 0 Å². The summed E-state index contributed by atoms with van der Waals surface area (Å²) in [6.07, 6.45) is 3.92. The van der Waals surface area contributed by atoms with Gasteiger partial charge in [-0.1, -0.05) is 11.3 Å². The van der Waals surface area contributed by atoms with E-state index in [1.165, 1.54) is 6.42 Å². The van der Waals surface area contributed by atoms with Crippen LogP contribution in [-0.2, 0) is 11.2 Å². The molecule has 2 unspecified atom stereocenters. The van der Waals surface area contributed by atoms with Crippen molar-refractivity contribution < 1.29 is 9.84 Å². The van der Waals surface area contributed by atoms with E-state index in [0.29, 0.717) is 6.04 Å². The van der Waals surface area contributed by atoms with Crippen LogP contribution in [0.4, 0.5) is 5.13 Å². The number of fused-ring (bicyclic) bond motifs is 1. The van der Waals surface area contributed by atoms with E-state index < -0.39 is 0 Å². The Morgan fingerprint density at radius 1 is 1.19 bits per heavy atom. The summed E-state index contributed by atoms with van der Waals surface area (Å²) in [4.78, 5) is 10.9. The van der Waals surface area contributed by atoms with E-state index in [9.17, 15) is 5.11 Å². The van der Waals surface area contributed by atoms with Crippen molar-refractivity contribution in [3.8, 4) is 0 Å². The molecule has 2 atom stereocenters. The second kappa shape index (κ2) is 5.83. The predicted octanol–water partition coefficient (Wildman–Crippen LogP) is 1.42. The molecule has 0 amide bonds. The summed E-state index contributed by atoms with van der Waals surface area (Å²) in [5.41, 5.74) is 1.14. The van der Waals surface area contributed by atoms with Crippen LogP contribution in [0.1, 0.15) is 35.9 Å². The molecule has 6 heteroatoms. The lowest BCUT2D eigenvalue weighted by atomic mass is 10.0. The molecule has 1 N–H and O–H groups in total. The number of thiazole rings is 1. The van der Waals surface area contributed by atoms with Crippen molar-refractivity contribution in [2.45, 2.75) is 37.8 Å². The van der Waals surface area contributed by atoms with E-state index in [1.54, 1.807) is 11.3 Å². The SMILES string of the molecule is OC1CCCc2nc(N3CCC(N4CCOCC4)C3)sc21. The van der Waals surface area contributed by atoms with E-state index in [4.69, 9.17) is 9.72 Å². The minimum atomic E-state index is -0.280. The molecule has 1 aliphatic carbocycles. The Kier molecular flexibility index (Phi) is 3.87. The number of aromatic nitrogens is 1. The first-order valence-electron chi connectivity index (χ1n) is 8.05. The molecule has 3 heterocycles. The molecule has 2 saturated heterocycles. The van der Waals surface area contributed by atoms with Gasteiger partial charge < -0.3 is 14.7 Å². The largest absolute Gasteiger partial charge is 0.388 e. The lowest BCUT2D eigenvalue weighted by Crippen LogP contribution is -2.44. The standard InChI is InChI=1S/C15H23N3O2S/c19-13-3-1-2-12-14(13)21-15(16-12)18-5-4-11(10-18)17-6-8-20-9-7-17/h11,13,19H,1-10H2. The van der Waals surface area contributed by atoms with Gasteiger partial charge in [-0.3, -0.25) is 4.90 Å². The predicted molar refractivity (Wildman–Crippen MR) is 83.0 cm³/mol. The van der Waals surface area contributed by atoms with Crippen molar-refractivity contribution in [2.75, 3.05) is 44.3 Å². The maximum absolute atomic E-state index is 10.1. The van der Waals surface area contributed by atoms with Crippen LogP contribution < -0.4 is 4.90 Å². The fraction of sp³-hybridized carbons (Fsp3) is 0.800. The molecule has 0 bridgehead atoms. The zero-order valence-corrected chi connectivity index (χ0v) is 13.1. The third-order valence-electron chi connectivity index (χ3n) is 4.91. The number of morpholine rings is 1. The topological polar surface area (TPSA) is 48.8 Å². The number of anilines is 1. The van der Waals surface area contributed by atoms with Crippen molar-refractivity contribution in [1.82, 2.24) is 9.88 Å². The Hall–Kier alpha value is -0.690. The van der Waals surface area contributed by atoms with Gasteiger partial charge in [0.2, 0.25) is 0 Å². The highest BCUT2D eigenvalue weighted by molar-refractivity contribution is 7.15. The van der Waals surface area contributed by atoms with Crippen LogP contribution in [0.15, 0.2) is 0 Å². The minimum Gasteiger partial charge on any atom is -0.388 e. The number of aliphatic hydroxyl groups excluding tert-OH is 1. The van der Waals surface area contributed by atoms with Crippen LogP contribution in [0.3, 0.4) is 0 Å². The molecule has 21 heavy (non-hydrogen) atoms. The molecule has 0 radical (unpaired) electrons. The highest BCUT2D eigenvalue weighted by atomic mass is 32.1. The zero-order valence-electron chi connectivity index (χ0n) is 12.3. The average Bonchev–Trinajstić information content (AvgIpc) is 3.15. The number of nitrogens with zero attached hydrogens (tertiary/aromatic N) is 3. The van der Waals surface area contributed by atoms with Gasteiger partial charge in [0.25, 0.3) is 0 Å². The summed E-state index contributed by atoms with van der Waals surface area (Å²) >= 11 is 1.71. The van der Waals surface area contributed by atoms with Gasteiger partial charge in [0.15, 0.2) is 5.13 Å². The van der Waals surface area contributed by atoms with Crippen molar-refractivity contribution in [1.29, 1.82) is 0 Å². The molecule has 0 saturated carbocycles. The Balaban J connectivity index is 1.45. The molecular weight excluding hydrogens is 286 g/mol. The third-order valence-corrected chi connectivity index (χ3v) is 6.17. The first-order valence-corrected chi connectivity index (χ1v) is 8.87. The Bertz CT molecular complexity index is 501. The number of ether oxygens (including phenoxy) is 1. The van der Waals surface area contributed by atoms with Crippen molar-refractivity contribution >= 4 is 16.5 Å². The van der Waals surface area contributed by atoms with Gasteiger partial charge in [0.05, 0.1) is 29.9 Å². The summed E-state index contributed by atoms with van der Waals surface area (Å²) in [5, 5.41) is 11.2. The summed E-state index contributed by atoms with van der Waals surface area (Å²) in [6.45, 7) is 6.02. The zero-order chi connectivity index (χ0) is 14.2. The molecule has 116 valence electrons. The maximum atomic E-state index is 10.1. The number of aryl methyl sites for hydroxylation is 1. The van der Waals surface area contributed by atoms with Crippen LogP contribution in [0.2, 0.25) is 0 Å². The van der Waals surface area contributed by atoms with Crippen LogP contribution >= 0.6 is 11.3 Å². The van der Waals surface area contributed by atoms with Gasteiger partial charge in [-0.25, -0.2) is 4.98 Å². The van der Waals surface area contributed by atoms with Crippen molar-refractivity contribution in [3.05, 3.63) is 10.6 Å². The summed E-state index contributed by atoms with van der Waals surface area (Å²) < 4.78 is 5.44. The van der Waals surface area contributed by atoms with Gasteiger partial charge in [-0.15, -0.1) is 0 Å². The van der Waals surface area contributed by atoms with E-state index in [2.05, 4.69) is 9.80 Å². The van der Waals surface area contributed by atoms with Crippen LogP contribution in [-0.4, -0.2) is 60.4 Å². The normalized spacial score (nSPS) is 30.6. The molecule has 1 aromatic heterocycles. The molecular formula is C15H23N3O2S. The lowest BCUT2D eigenvalue weighted by molar-refractivity contribution is 0.0209. The first kappa shape index (κ1) is 13.9. The fourth-order valence-corrected chi connectivity index (χ4v) is 4.84. The molecule has 3 aliphatic rings. The minimum absolute atomic E-state index is 0.280. The average molecular weight is 309 g/mol. The monoisotopic (exact) mass is 309 g/mol. The Morgan fingerprint density at radius 2 is 2.05 bits per heavy atom. The molecule has 5 nitrogen and oxygen atoms in total. The smallest absolute Gasteiger partial charge is 0.185 e. The van der Waals surface area contributed by atoms with Gasteiger partial charge in [-0.05, 0) is 25.7 Å². The Morgan fingerprint density at radius 3 is 2.86 bits per heavy atom. The van der Waals surface area contributed by atoms with Crippen molar-refractivity contribution in [3.63, 3.8) is 0 Å². The van der Waals surface area contributed by atoms with E-state index >= 15 is 0 Å². The Labute approximate surface area is 129 Å². The van der Waals surface area contributed by atoms with Crippen LogP contribution in [0, 0.1) is 0 Å². The number of aliphatic hydroxyl groups is 1. The van der Waals surface area contributed by atoms with Crippen molar-refractivity contribution in [2.24, 2.45) is 0 Å². The summed E-state index contributed by atoms with van der Waals surface area (Å²) in [7, 11) is 0. The molecule has 4 rings (SSSR count). The van der Waals surface area contributed by atoms with Gasteiger partial charge in [0.1, 0.15) is 0 Å². The number of hydrogen-bond donors (Lipinski definition) is 1.